The van der Waals surface area contributed by atoms with Crippen LogP contribution in [-0.2, 0) is 0 Å². The van der Waals surface area contributed by atoms with Crippen LogP contribution < -0.4 is 5.32 Å². The summed E-state index contributed by atoms with van der Waals surface area (Å²) in [6.07, 6.45) is 3.90. The van der Waals surface area contributed by atoms with E-state index in [-0.39, 0.29) is 0 Å². The first-order valence-electron chi connectivity index (χ1n) is 6.86. The largest absolute Gasteiger partial charge is 0.314 e. The molecule has 0 aromatic heterocycles. The number of rotatable bonds is 5. The van der Waals surface area contributed by atoms with Crippen molar-refractivity contribution in [3.05, 3.63) is 28.7 Å². The Kier molecular flexibility index (Phi) is 5.58. The van der Waals surface area contributed by atoms with Crippen LogP contribution in [0, 0.1) is 5.92 Å². The highest BCUT2D eigenvalue weighted by Gasteiger charge is 2.32. The van der Waals surface area contributed by atoms with Gasteiger partial charge in [0.05, 0.1) is 0 Å². The number of halogens is 1. The van der Waals surface area contributed by atoms with Crippen LogP contribution in [0.5, 0.6) is 0 Å². The van der Waals surface area contributed by atoms with Gasteiger partial charge in [-0.15, -0.1) is 11.8 Å². The second-order valence-corrected chi connectivity index (χ2v) is 7.34. The third-order valence-corrected chi connectivity index (χ3v) is 5.78. The molecule has 0 amide bonds. The number of nitrogens with one attached hydrogen (secondary N) is 1. The van der Waals surface area contributed by atoms with E-state index in [1.807, 2.05) is 11.8 Å². The molecule has 3 atom stereocenters. The number of hydrogen-bond donors (Lipinski definition) is 1. The van der Waals surface area contributed by atoms with Crippen molar-refractivity contribution in [2.75, 3.05) is 6.54 Å². The zero-order valence-electron chi connectivity index (χ0n) is 11.2. The Bertz CT molecular complexity index is 365. The maximum atomic E-state index is 3.69. The molecule has 100 valence electrons. The Balaban J connectivity index is 1.89. The van der Waals surface area contributed by atoms with E-state index in [2.05, 4.69) is 59.4 Å². The van der Waals surface area contributed by atoms with Crippen molar-refractivity contribution in [2.24, 2.45) is 5.92 Å². The molecular weight excluding hydrogens is 306 g/mol. The van der Waals surface area contributed by atoms with Gasteiger partial charge in [0, 0.05) is 20.7 Å². The van der Waals surface area contributed by atoms with Gasteiger partial charge in [-0.1, -0.05) is 29.8 Å². The van der Waals surface area contributed by atoms with Gasteiger partial charge in [-0.3, -0.25) is 0 Å². The van der Waals surface area contributed by atoms with E-state index in [1.165, 1.54) is 24.2 Å². The first-order valence-corrected chi connectivity index (χ1v) is 8.53. The van der Waals surface area contributed by atoms with Gasteiger partial charge in [0.1, 0.15) is 0 Å². The molecule has 0 radical (unpaired) electrons. The molecule has 18 heavy (non-hydrogen) atoms. The topological polar surface area (TPSA) is 12.0 Å². The maximum Gasteiger partial charge on any atom is 0.0176 e. The van der Waals surface area contributed by atoms with Crippen molar-refractivity contribution >= 4 is 27.7 Å². The Labute approximate surface area is 123 Å². The second kappa shape index (κ2) is 6.97. The van der Waals surface area contributed by atoms with Crippen LogP contribution in [0.2, 0.25) is 0 Å². The fourth-order valence-electron chi connectivity index (χ4n) is 2.60. The number of thioether (sulfide) groups is 1. The Morgan fingerprint density at radius 1 is 1.28 bits per heavy atom. The summed E-state index contributed by atoms with van der Waals surface area (Å²) in [5.74, 6) is 0.769. The maximum absolute atomic E-state index is 3.69. The fourth-order valence-corrected chi connectivity index (χ4v) is 4.17. The highest BCUT2D eigenvalue weighted by Crippen LogP contribution is 2.39. The minimum atomic E-state index is 0.720. The zero-order chi connectivity index (χ0) is 13.0. The van der Waals surface area contributed by atoms with Gasteiger partial charge in [-0.2, -0.15) is 0 Å². The molecular formula is C15H22BrNS. The Hall–Kier alpha value is 0.01000. The second-order valence-electron chi connectivity index (χ2n) is 5.11. The molecule has 2 rings (SSSR count). The zero-order valence-corrected chi connectivity index (χ0v) is 13.6. The van der Waals surface area contributed by atoms with Crippen molar-refractivity contribution in [2.45, 2.75) is 49.3 Å². The summed E-state index contributed by atoms with van der Waals surface area (Å²) in [5.41, 5.74) is 0. The van der Waals surface area contributed by atoms with E-state index in [1.54, 1.807) is 0 Å². The fraction of sp³-hybridized carbons (Fsp3) is 0.600. The summed E-state index contributed by atoms with van der Waals surface area (Å²) in [7, 11) is 0. The minimum Gasteiger partial charge on any atom is -0.314 e. The lowest BCUT2D eigenvalue weighted by molar-refractivity contribution is 0.432. The smallest absolute Gasteiger partial charge is 0.0176 e. The van der Waals surface area contributed by atoms with Crippen LogP contribution in [0.3, 0.4) is 0 Å². The lowest BCUT2D eigenvalue weighted by atomic mass is 10.1. The average molecular weight is 328 g/mol. The first kappa shape index (κ1) is 14.4. The lowest BCUT2D eigenvalue weighted by Crippen LogP contribution is -2.33. The van der Waals surface area contributed by atoms with E-state index in [0.29, 0.717) is 0 Å². The minimum absolute atomic E-state index is 0.720. The quantitative estimate of drug-likeness (QED) is 0.840. The molecule has 0 aliphatic heterocycles. The molecule has 0 bridgehead atoms. The molecule has 0 heterocycles. The van der Waals surface area contributed by atoms with Crippen molar-refractivity contribution in [3.63, 3.8) is 0 Å². The molecule has 1 aliphatic carbocycles. The third kappa shape index (κ3) is 3.75. The lowest BCUT2D eigenvalue weighted by Gasteiger charge is -2.21. The van der Waals surface area contributed by atoms with E-state index in [9.17, 15) is 0 Å². The monoisotopic (exact) mass is 327 g/mol. The van der Waals surface area contributed by atoms with Gasteiger partial charge >= 0.3 is 0 Å². The van der Waals surface area contributed by atoms with E-state index in [4.69, 9.17) is 0 Å². The summed E-state index contributed by atoms with van der Waals surface area (Å²) >= 11 is 5.53. The van der Waals surface area contributed by atoms with Gasteiger partial charge in [0.2, 0.25) is 0 Å². The molecule has 0 spiro atoms. The molecule has 1 aromatic rings. The summed E-state index contributed by atoms with van der Waals surface area (Å²) < 4.78 is 1.16. The van der Waals surface area contributed by atoms with Crippen molar-refractivity contribution in [3.8, 4) is 0 Å². The standard InChI is InChI=1S/C15H22BrNS/c1-3-10-17-14-8-9-15(11(14)2)18-13-6-4-12(16)5-7-13/h4-7,11,14-15,17H,3,8-10H2,1-2H3. The summed E-state index contributed by atoms with van der Waals surface area (Å²) in [6, 6.07) is 9.42. The van der Waals surface area contributed by atoms with Gasteiger partial charge in [-0.05, 0) is 56.0 Å². The predicted octanol–water partition coefficient (Wildman–Crippen LogP) is 4.71. The predicted molar refractivity (Wildman–Crippen MR) is 84.3 cm³/mol. The molecule has 0 saturated heterocycles. The first-order chi connectivity index (χ1) is 8.70. The Morgan fingerprint density at radius 3 is 2.67 bits per heavy atom. The molecule has 3 unspecified atom stereocenters. The van der Waals surface area contributed by atoms with Gasteiger partial charge in [0.15, 0.2) is 0 Å². The SMILES string of the molecule is CCCNC1CCC(Sc2ccc(Br)cc2)C1C. The van der Waals surface area contributed by atoms with Crippen molar-refractivity contribution in [1.29, 1.82) is 0 Å². The summed E-state index contributed by atoms with van der Waals surface area (Å²) in [5, 5.41) is 4.45. The van der Waals surface area contributed by atoms with Crippen LogP contribution in [0.15, 0.2) is 33.6 Å². The number of benzene rings is 1. The summed E-state index contributed by atoms with van der Waals surface area (Å²) in [6.45, 7) is 5.79. The average Bonchev–Trinajstić information content (AvgIpc) is 2.71. The van der Waals surface area contributed by atoms with Gasteiger partial charge in [0.25, 0.3) is 0 Å². The molecule has 1 aliphatic rings. The molecule has 1 saturated carbocycles. The van der Waals surface area contributed by atoms with Gasteiger partial charge in [-0.25, -0.2) is 0 Å². The van der Waals surface area contributed by atoms with Crippen LogP contribution in [-0.4, -0.2) is 17.8 Å². The molecule has 3 heteroatoms. The van der Waals surface area contributed by atoms with Gasteiger partial charge < -0.3 is 5.32 Å². The highest BCUT2D eigenvalue weighted by atomic mass is 79.9. The molecule has 1 N–H and O–H groups in total. The highest BCUT2D eigenvalue weighted by molar-refractivity contribution is 9.10. The van der Waals surface area contributed by atoms with E-state index >= 15 is 0 Å². The van der Waals surface area contributed by atoms with Crippen LogP contribution in [0.1, 0.15) is 33.1 Å². The summed E-state index contributed by atoms with van der Waals surface area (Å²) in [4.78, 5) is 1.39. The molecule has 1 aromatic carbocycles. The van der Waals surface area contributed by atoms with Crippen LogP contribution >= 0.6 is 27.7 Å². The van der Waals surface area contributed by atoms with E-state index in [0.717, 1.165) is 28.2 Å². The van der Waals surface area contributed by atoms with Crippen LogP contribution in [0.4, 0.5) is 0 Å². The normalized spacial score (nSPS) is 27.6. The van der Waals surface area contributed by atoms with E-state index < -0.39 is 0 Å². The molecule has 1 nitrogen and oxygen atoms in total. The molecule has 1 fully saturated rings. The van der Waals surface area contributed by atoms with Crippen molar-refractivity contribution < 1.29 is 0 Å². The Morgan fingerprint density at radius 2 is 2.00 bits per heavy atom. The van der Waals surface area contributed by atoms with Crippen molar-refractivity contribution in [1.82, 2.24) is 5.32 Å². The number of hydrogen-bond acceptors (Lipinski definition) is 2. The van der Waals surface area contributed by atoms with Crippen LogP contribution in [0.25, 0.3) is 0 Å². The third-order valence-electron chi connectivity index (χ3n) is 3.74.